The van der Waals surface area contributed by atoms with Gasteiger partial charge in [0.2, 0.25) is 0 Å². The maximum absolute atomic E-state index is 13.4. The lowest BCUT2D eigenvalue weighted by atomic mass is 10.1. The van der Waals surface area contributed by atoms with E-state index < -0.39 is 0 Å². The number of amides is 1. The number of fused-ring (bicyclic) bond motifs is 1. The summed E-state index contributed by atoms with van der Waals surface area (Å²) in [4.78, 5) is 29.2. The highest BCUT2D eigenvalue weighted by molar-refractivity contribution is 7.10. The number of carbonyl (C=O) groups is 1. The lowest BCUT2D eigenvalue weighted by Crippen LogP contribution is -2.34. The maximum atomic E-state index is 13.4. The summed E-state index contributed by atoms with van der Waals surface area (Å²) in [7, 11) is 0. The van der Waals surface area contributed by atoms with Crippen LogP contribution in [0.3, 0.4) is 0 Å². The van der Waals surface area contributed by atoms with E-state index in [4.69, 9.17) is 0 Å². The van der Waals surface area contributed by atoms with Gasteiger partial charge in [0, 0.05) is 16.8 Å². The highest BCUT2D eigenvalue weighted by Crippen LogP contribution is 2.35. The Hall–Kier alpha value is -2.47. The Labute approximate surface area is 155 Å². The molecule has 0 saturated carbocycles. The van der Waals surface area contributed by atoms with Gasteiger partial charge in [-0.15, -0.1) is 11.3 Å². The van der Waals surface area contributed by atoms with E-state index >= 15 is 0 Å². The van der Waals surface area contributed by atoms with Gasteiger partial charge in [0.15, 0.2) is 5.69 Å². The largest absolute Gasteiger partial charge is 0.329 e. The van der Waals surface area contributed by atoms with Crippen LogP contribution in [0.2, 0.25) is 0 Å². The monoisotopic (exact) mass is 367 g/mol. The Morgan fingerprint density at radius 2 is 1.96 bits per heavy atom. The average Bonchev–Trinajstić information content (AvgIpc) is 3.32. The minimum Gasteiger partial charge on any atom is -0.329 e. The van der Waals surface area contributed by atoms with Crippen molar-refractivity contribution < 1.29 is 4.79 Å². The van der Waals surface area contributed by atoms with Crippen molar-refractivity contribution in [2.45, 2.75) is 38.8 Å². The molecule has 0 N–H and O–H groups in total. The molecule has 5 nitrogen and oxygen atoms in total. The summed E-state index contributed by atoms with van der Waals surface area (Å²) in [5.41, 5.74) is 0.223. The number of carbonyl (C=O) groups excluding carboxylic acids is 1. The predicted molar refractivity (Wildman–Crippen MR) is 104 cm³/mol. The molecule has 2 aromatic heterocycles. The zero-order chi connectivity index (χ0) is 18.3. The van der Waals surface area contributed by atoms with E-state index in [9.17, 15) is 9.59 Å². The van der Waals surface area contributed by atoms with E-state index in [-0.39, 0.29) is 23.6 Å². The summed E-state index contributed by atoms with van der Waals surface area (Å²) in [6, 6.07) is 11.4. The Bertz CT molecular complexity index is 1010. The molecule has 0 radical (unpaired) electrons. The second kappa shape index (κ2) is 6.68. The van der Waals surface area contributed by atoms with Crippen LogP contribution in [0, 0.1) is 0 Å². The lowest BCUT2D eigenvalue weighted by molar-refractivity contribution is 0.0731. The summed E-state index contributed by atoms with van der Waals surface area (Å²) in [5.74, 6) is -0.0912. The molecule has 4 rings (SSSR count). The zero-order valence-electron chi connectivity index (χ0n) is 14.9. The molecule has 1 unspecified atom stereocenters. The van der Waals surface area contributed by atoms with Gasteiger partial charge in [-0.2, -0.15) is 5.10 Å². The van der Waals surface area contributed by atoms with E-state index in [2.05, 4.69) is 11.2 Å². The molecule has 0 bridgehead atoms. The van der Waals surface area contributed by atoms with E-state index in [1.165, 1.54) is 9.56 Å². The summed E-state index contributed by atoms with van der Waals surface area (Å²) >= 11 is 1.68. The van der Waals surface area contributed by atoms with Gasteiger partial charge in [0.05, 0.1) is 17.5 Å². The summed E-state index contributed by atoms with van der Waals surface area (Å²) in [5, 5.41) is 7.70. The zero-order valence-corrected chi connectivity index (χ0v) is 15.7. The molecule has 1 aromatic carbocycles. The van der Waals surface area contributed by atoms with Crippen LogP contribution in [-0.4, -0.2) is 27.1 Å². The molecule has 1 fully saturated rings. The Balaban J connectivity index is 1.84. The van der Waals surface area contributed by atoms with Gasteiger partial charge in [-0.3, -0.25) is 9.59 Å². The number of benzene rings is 1. The van der Waals surface area contributed by atoms with Crippen LogP contribution in [0.4, 0.5) is 0 Å². The van der Waals surface area contributed by atoms with Crippen LogP contribution in [0.15, 0.2) is 46.6 Å². The highest BCUT2D eigenvalue weighted by Gasteiger charge is 2.33. The second-order valence-corrected chi connectivity index (χ2v) is 7.89. The number of likely N-dealkylation sites (tertiary alicyclic amines) is 1. The molecular formula is C20H21N3O2S. The number of thiophene rings is 1. The number of aromatic nitrogens is 2. The second-order valence-electron chi connectivity index (χ2n) is 6.91. The number of nitrogens with zero attached hydrogens (tertiary/aromatic N) is 3. The van der Waals surface area contributed by atoms with E-state index in [1.807, 2.05) is 48.4 Å². The minimum atomic E-state index is -0.150. The van der Waals surface area contributed by atoms with Gasteiger partial charge in [-0.25, -0.2) is 4.68 Å². The highest BCUT2D eigenvalue weighted by atomic mass is 32.1. The van der Waals surface area contributed by atoms with Crippen LogP contribution in [0.5, 0.6) is 0 Å². The Kier molecular flexibility index (Phi) is 4.36. The van der Waals surface area contributed by atoms with Crippen LogP contribution >= 0.6 is 11.3 Å². The smallest absolute Gasteiger partial charge is 0.275 e. The van der Waals surface area contributed by atoms with Crippen molar-refractivity contribution in [2.24, 2.45) is 0 Å². The first kappa shape index (κ1) is 17.0. The Morgan fingerprint density at radius 1 is 1.19 bits per heavy atom. The predicted octanol–water partition coefficient (Wildman–Crippen LogP) is 4.02. The Morgan fingerprint density at radius 3 is 2.65 bits per heavy atom. The summed E-state index contributed by atoms with van der Waals surface area (Å²) < 4.78 is 1.42. The molecule has 1 aliphatic rings. The third-order valence-corrected chi connectivity index (χ3v) is 5.88. The minimum absolute atomic E-state index is 0.0912. The third-order valence-electron chi connectivity index (χ3n) is 4.91. The van der Waals surface area contributed by atoms with Gasteiger partial charge in [-0.05, 0) is 44.2 Å². The quantitative estimate of drug-likeness (QED) is 0.703. The van der Waals surface area contributed by atoms with E-state index in [1.54, 1.807) is 17.4 Å². The molecule has 6 heteroatoms. The first-order valence-corrected chi connectivity index (χ1v) is 9.82. The topological polar surface area (TPSA) is 55.2 Å². The SMILES string of the molecule is CC(C)n1nc(C(=O)N2CCCC2c2cccs2)c2ccccc2c1=O. The van der Waals surface area contributed by atoms with Crippen molar-refractivity contribution in [2.75, 3.05) is 6.54 Å². The van der Waals surface area contributed by atoms with Crippen LogP contribution in [-0.2, 0) is 0 Å². The van der Waals surface area contributed by atoms with Crippen molar-refractivity contribution in [3.63, 3.8) is 0 Å². The van der Waals surface area contributed by atoms with Gasteiger partial charge in [-0.1, -0.05) is 24.3 Å². The normalized spacial score (nSPS) is 17.3. The van der Waals surface area contributed by atoms with Crippen LogP contribution < -0.4 is 5.56 Å². The number of hydrogen-bond acceptors (Lipinski definition) is 4. The molecule has 0 spiro atoms. The number of rotatable bonds is 3. The fraction of sp³-hybridized carbons (Fsp3) is 0.350. The first-order valence-electron chi connectivity index (χ1n) is 8.94. The van der Waals surface area contributed by atoms with Crippen molar-refractivity contribution in [1.29, 1.82) is 0 Å². The van der Waals surface area contributed by atoms with Gasteiger partial charge < -0.3 is 4.90 Å². The van der Waals surface area contributed by atoms with Gasteiger partial charge in [0.1, 0.15) is 0 Å². The van der Waals surface area contributed by atoms with Crippen molar-refractivity contribution in [3.05, 3.63) is 62.7 Å². The third kappa shape index (κ3) is 2.74. The fourth-order valence-electron chi connectivity index (χ4n) is 3.64. The molecule has 1 amide bonds. The van der Waals surface area contributed by atoms with Crippen LogP contribution in [0.1, 0.15) is 54.1 Å². The standard InChI is InChI=1S/C20H21N3O2S/c1-13(2)23-19(24)15-8-4-3-7-14(15)18(21-23)20(25)22-11-5-9-16(22)17-10-6-12-26-17/h3-4,6-8,10,12-13,16H,5,9,11H2,1-2H3. The molecule has 1 saturated heterocycles. The maximum Gasteiger partial charge on any atom is 0.275 e. The average molecular weight is 367 g/mol. The summed E-state index contributed by atoms with van der Waals surface area (Å²) in [6.45, 7) is 4.53. The molecule has 1 aliphatic heterocycles. The first-order chi connectivity index (χ1) is 12.6. The molecule has 3 heterocycles. The molecule has 0 aliphatic carbocycles. The van der Waals surface area contributed by atoms with Gasteiger partial charge in [0.25, 0.3) is 11.5 Å². The number of hydrogen-bond donors (Lipinski definition) is 0. The fourth-order valence-corrected chi connectivity index (χ4v) is 4.51. The molecule has 1 atom stereocenters. The lowest BCUT2D eigenvalue weighted by Gasteiger charge is -2.24. The molecule has 134 valence electrons. The van der Waals surface area contributed by atoms with Gasteiger partial charge >= 0.3 is 0 Å². The van der Waals surface area contributed by atoms with Crippen molar-refractivity contribution in [3.8, 4) is 0 Å². The van der Waals surface area contributed by atoms with E-state index in [0.717, 1.165) is 19.4 Å². The molecular weight excluding hydrogens is 346 g/mol. The van der Waals surface area contributed by atoms with Crippen LogP contribution in [0.25, 0.3) is 10.8 Å². The van der Waals surface area contributed by atoms with Crippen molar-refractivity contribution in [1.82, 2.24) is 14.7 Å². The van der Waals surface area contributed by atoms with Crippen molar-refractivity contribution >= 4 is 28.0 Å². The summed E-state index contributed by atoms with van der Waals surface area (Å²) in [6.07, 6.45) is 1.95. The molecule has 26 heavy (non-hydrogen) atoms. The molecule has 3 aromatic rings. The van der Waals surface area contributed by atoms with E-state index in [0.29, 0.717) is 16.5 Å².